The largest absolute Gasteiger partial charge is 0.323 e. The fraction of sp³-hybridized carbons (Fsp3) is 0.190. The van der Waals surface area contributed by atoms with Crippen LogP contribution in [0.15, 0.2) is 53.3 Å². The molecule has 2 aromatic carbocycles. The van der Waals surface area contributed by atoms with Gasteiger partial charge in [-0.2, -0.15) is 5.10 Å². The summed E-state index contributed by atoms with van der Waals surface area (Å²) in [5.41, 5.74) is 0.999. The molecule has 0 radical (unpaired) electrons. The molecular weight excluding hydrogens is 394 g/mol. The molecular formula is C21H18ClN3O2S. The van der Waals surface area contributed by atoms with Gasteiger partial charge in [0.05, 0.1) is 26.5 Å². The predicted molar refractivity (Wildman–Crippen MR) is 116 cm³/mol. The van der Waals surface area contributed by atoms with Crippen molar-refractivity contribution in [1.82, 2.24) is 9.78 Å². The number of nitrogens with one attached hydrogen (secondary N) is 1. The van der Waals surface area contributed by atoms with Gasteiger partial charge < -0.3 is 5.32 Å². The van der Waals surface area contributed by atoms with Crippen LogP contribution in [0.2, 0.25) is 5.02 Å². The lowest BCUT2D eigenvalue weighted by Crippen LogP contribution is -2.35. The first-order valence-corrected chi connectivity index (χ1v) is 10.2. The number of benzene rings is 2. The zero-order valence-corrected chi connectivity index (χ0v) is 17.0. The fourth-order valence-electron chi connectivity index (χ4n) is 3.34. The molecule has 0 spiro atoms. The van der Waals surface area contributed by atoms with Gasteiger partial charge in [0.25, 0.3) is 5.56 Å². The van der Waals surface area contributed by atoms with Crippen molar-refractivity contribution in [2.75, 3.05) is 5.32 Å². The molecule has 2 heterocycles. The lowest BCUT2D eigenvalue weighted by atomic mass is 10.1. The van der Waals surface area contributed by atoms with Gasteiger partial charge in [-0.05, 0) is 31.5 Å². The summed E-state index contributed by atoms with van der Waals surface area (Å²) in [7, 11) is 0. The molecule has 1 atom stereocenters. The Balaban J connectivity index is 1.83. The van der Waals surface area contributed by atoms with Gasteiger partial charge >= 0.3 is 0 Å². The average Bonchev–Trinajstić information content (AvgIpc) is 3.08. The van der Waals surface area contributed by atoms with Crippen LogP contribution in [0.1, 0.15) is 25.1 Å². The first-order valence-electron chi connectivity index (χ1n) is 8.97. The number of anilines is 1. The number of hydrogen-bond donors (Lipinski definition) is 1. The van der Waals surface area contributed by atoms with Crippen LogP contribution in [0.3, 0.4) is 0 Å². The summed E-state index contributed by atoms with van der Waals surface area (Å²) in [6.45, 7) is 3.72. The third kappa shape index (κ3) is 3.08. The number of thiophene rings is 1. The Hall–Kier alpha value is -2.70. The second-order valence-corrected chi connectivity index (χ2v) is 7.99. The molecule has 0 aliphatic heterocycles. The van der Waals surface area contributed by atoms with Crippen LogP contribution in [0.4, 0.5) is 5.69 Å². The summed E-state index contributed by atoms with van der Waals surface area (Å²) in [6, 6.07) is 14.1. The number of fused-ring (bicyclic) bond motifs is 3. The number of para-hydroxylation sites is 1. The van der Waals surface area contributed by atoms with Crippen LogP contribution in [-0.2, 0) is 4.79 Å². The van der Waals surface area contributed by atoms with Crippen LogP contribution in [-0.4, -0.2) is 15.7 Å². The van der Waals surface area contributed by atoms with E-state index in [-0.39, 0.29) is 11.5 Å². The van der Waals surface area contributed by atoms with Gasteiger partial charge in [0.15, 0.2) is 0 Å². The van der Waals surface area contributed by atoms with Gasteiger partial charge in [0.1, 0.15) is 6.04 Å². The first kappa shape index (κ1) is 18.7. The maximum absolute atomic E-state index is 13.3. The van der Waals surface area contributed by atoms with Crippen molar-refractivity contribution in [2.45, 2.75) is 26.3 Å². The summed E-state index contributed by atoms with van der Waals surface area (Å²) < 4.78 is 3.21. The highest BCUT2D eigenvalue weighted by molar-refractivity contribution is 7.26. The molecule has 0 aliphatic carbocycles. The lowest BCUT2D eigenvalue weighted by molar-refractivity contribution is -0.119. The van der Waals surface area contributed by atoms with Crippen molar-refractivity contribution in [2.24, 2.45) is 0 Å². The number of nitrogens with zero attached hydrogens (tertiary/aromatic N) is 2. The highest BCUT2D eigenvalue weighted by Crippen LogP contribution is 2.33. The number of carbonyl (C=O) groups excluding carboxylic acids is 1. The Kier molecular flexibility index (Phi) is 4.91. The predicted octanol–water partition coefficient (Wildman–Crippen LogP) is 5.16. The third-order valence-electron chi connectivity index (χ3n) is 4.72. The Labute approximate surface area is 170 Å². The zero-order valence-electron chi connectivity index (χ0n) is 15.4. The second-order valence-electron chi connectivity index (χ2n) is 6.53. The molecule has 1 unspecified atom stereocenters. The van der Waals surface area contributed by atoms with E-state index in [4.69, 9.17) is 11.6 Å². The summed E-state index contributed by atoms with van der Waals surface area (Å²) in [4.78, 5) is 26.2. The van der Waals surface area contributed by atoms with E-state index in [1.807, 2.05) is 38.1 Å². The maximum Gasteiger partial charge on any atom is 0.276 e. The Morgan fingerprint density at radius 2 is 1.93 bits per heavy atom. The summed E-state index contributed by atoms with van der Waals surface area (Å²) in [6.07, 6.45) is 0.427. The van der Waals surface area contributed by atoms with E-state index in [1.54, 1.807) is 35.6 Å². The van der Waals surface area contributed by atoms with Crippen LogP contribution in [0, 0.1) is 6.92 Å². The standard InChI is InChI=1S/C21H18ClN3O2S/c1-3-16(20(26)23-15-10-6-5-9-14(15)22)25-21(27)18-13-8-4-7-11-17(13)28-19(18)12(2)24-25/h4-11,16H,3H2,1-2H3,(H,23,26). The van der Waals surface area contributed by atoms with E-state index in [9.17, 15) is 9.59 Å². The van der Waals surface area contributed by atoms with E-state index in [0.29, 0.717) is 22.5 Å². The van der Waals surface area contributed by atoms with E-state index in [1.165, 1.54) is 4.68 Å². The molecule has 7 heteroatoms. The van der Waals surface area contributed by atoms with Crippen LogP contribution < -0.4 is 10.9 Å². The second kappa shape index (κ2) is 7.37. The molecule has 0 saturated heterocycles. The molecule has 0 saturated carbocycles. The van der Waals surface area contributed by atoms with Crippen molar-refractivity contribution in [3.8, 4) is 0 Å². The minimum atomic E-state index is -0.731. The van der Waals surface area contributed by atoms with Crippen molar-refractivity contribution in [1.29, 1.82) is 0 Å². The van der Waals surface area contributed by atoms with Crippen LogP contribution >= 0.6 is 22.9 Å². The number of halogens is 1. The van der Waals surface area contributed by atoms with Gasteiger partial charge in [-0.3, -0.25) is 9.59 Å². The highest BCUT2D eigenvalue weighted by atomic mass is 35.5. The van der Waals surface area contributed by atoms with E-state index >= 15 is 0 Å². The number of hydrogen-bond acceptors (Lipinski definition) is 4. The Morgan fingerprint density at radius 3 is 2.68 bits per heavy atom. The minimum absolute atomic E-state index is 0.251. The van der Waals surface area contributed by atoms with Crippen LogP contribution in [0.25, 0.3) is 20.2 Å². The first-order chi connectivity index (χ1) is 13.5. The smallest absolute Gasteiger partial charge is 0.276 e. The van der Waals surface area contributed by atoms with Crippen molar-refractivity contribution >= 4 is 54.7 Å². The third-order valence-corrected chi connectivity index (χ3v) is 6.33. The van der Waals surface area contributed by atoms with Gasteiger partial charge in [0, 0.05) is 10.1 Å². The van der Waals surface area contributed by atoms with E-state index in [2.05, 4.69) is 10.4 Å². The van der Waals surface area contributed by atoms with Gasteiger partial charge in [-0.1, -0.05) is 48.9 Å². The maximum atomic E-state index is 13.3. The van der Waals surface area contributed by atoms with Crippen LogP contribution in [0.5, 0.6) is 0 Å². The summed E-state index contributed by atoms with van der Waals surface area (Å²) in [5.74, 6) is -0.316. The number of aryl methyl sites for hydroxylation is 1. The molecule has 0 bridgehead atoms. The van der Waals surface area contributed by atoms with Gasteiger partial charge in [0.2, 0.25) is 5.91 Å². The number of amides is 1. The van der Waals surface area contributed by atoms with Crippen molar-refractivity contribution in [3.05, 3.63) is 69.6 Å². The summed E-state index contributed by atoms with van der Waals surface area (Å²) >= 11 is 7.70. The molecule has 2 aromatic heterocycles. The van der Waals surface area contributed by atoms with Gasteiger partial charge in [-0.15, -0.1) is 11.3 Å². The molecule has 0 fully saturated rings. The SMILES string of the molecule is CCC(C(=O)Nc1ccccc1Cl)n1nc(C)c2sc3ccccc3c2c1=O. The molecule has 142 valence electrons. The highest BCUT2D eigenvalue weighted by Gasteiger charge is 2.24. The van der Waals surface area contributed by atoms with Crippen molar-refractivity contribution < 1.29 is 4.79 Å². The van der Waals surface area contributed by atoms with Crippen molar-refractivity contribution in [3.63, 3.8) is 0 Å². The molecule has 0 aliphatic rings. The lowest BCUT2D eigenvalue weighted by Gasteiger charge is -2.18. The Morgan fingerprint density at radius 1 is 1.21 bits per heavy atom. The zero-order chi connectivity index (χ0) is 19.8. The van der Waals surface area contributed by atoms with E-state index in [0.717, 1.165) is 20.5 Å². The molecule has 28 heavy (non-hydrogen) atoms. The number of rotatable bonds is 4. The Bertz CT molecular complexity index is 1260. The quantitative estimate of drug-likeness (QED) is 0.504. The monoisotopic (exact) mass is 411 g/mol. The molecule has 1 N–H and O–H groups in total. The van der Waals surface area contributed by atoms with E-state index < -0.39 is 6.04 Å². The molecule has 4 rings (SSSR count). The van der Waals surface area contributed by atoms with Gasteiger partial charge in [-0.25, -0.2) is 4.68 Å². The average molecular weight is 412 g/mol. The molecule has 5 nitrogen and oxygen atoms in total. The topological polar surface area (TPSA) is 64.0 Å². The normalized spacial score (nSPS) is 12.4. The summed E-state index contributed by atoms with van der Waals surface area (Å²) in [5, 5.41) is 9.26. The number of aromatic nitrogens is 2. The molecule has 1 amide bonds. The fourth-order valence-corrected chi connectivity index (χ4v) is 4.66. The number of carbonyl (C=O) groups is 1. The molecule has 4 aromatic rings. The minimum Gasteiger partial charge on any atom is -0.323 e.